The predicted molar refractivity (Wildman–Crippen MR) is 192 cm³/mol. The molecule has 0 heterocycles. The lowest BCUT2D eigenvalue weighted by atomic mass is 9.95. The fraction of sp³-hybridized carbons (Fsp3) is 0.366. The first kappa shape index (κ1) is 36.8. The summed E-state index contributed by atoms with van der Waals surface area (Å²) in [4.78, 5) is 50.9. The smallest absolute Gasteiger partial charge is 0.328 e. The number of hydrogen-bond donors (Lipinski definition) is 3. The SMILES string of the molecule is CCCCCCCc1ccc(C[C@@H](CC(N)=O)OC(=O)[C@H](CCCC(=O)O)NC(=O)c2cc3ccccc3cc2Cc2ccccc2)cc1. The van der Waals surface area contributed by atoms with Gasteiger partial charge in [0.15, 0.2) is 0 Å². The van der Waals surface area contributed by atoms with E-state index in [-0.39, 0.29) is 32.1 Å². The zero-order valence-corrected chi connectivity index (χ0v) is 28.4. The Balaban J connectivity index is 1.51. The number of fused-ring (bicyclic) bond motifs is 1. The van der Waals surface area contributed by atoms with Crippen LogP contribution in [0.1, 0.15) is 97.3 Å². The summed E-state index contributed by atoms with van der Waals surface area (Å²) < 4.78 is 5.85. The molecule has 0 aliphatic rings. The third-order valence-corrected chi connectivity index (χ3v) is 8.69. The van der Waals surface area contributed by atoms with Gasteiger partial charge < -0.3 is 20.9 Å². The van der Waals surface area contributed by atoms with Gasteiger partial charge in [0.25, 0.3) is 5.91 Å². The minimum Gasteiger partial charge on any atom is -0.481 e. The third-order valence-electron chi connectivity index (χ3n) is 8.69. The molecule has 0 bridgehead atoms. The van der Waals surface area contributed by atoms with Crippen LogP contribution in [0.4, 0.5) is 0 Å². The number of carboxylic acids is 1. The number of hydrogen-bond acceptors (Lipinski definition) is 5. The van der Waals surface area contributed by atoms with Gasteiger partial charge in [0.1, 0.15) is 12.1 Å². The molecule has 4 N–H and O–H groups in total. The van der Waals surface area contributed by atoms with Crippen molar-refractivity contribution < 1.29 is 29.0 Å². The highest BCUT2D eigenvalue weighted by Gasteiger charge is 2.28. The van der Waals surface area contributed by atoms with Crippen LogP contribution in [0.2, 0.25) is 0 Å². The van der Waals surface area contributed by atoms with E-state index in [1.54, 1.807) is 0 Å². The number of rotatable bonds is 20. The highest BCUT2D eigenvalue weighted by Crippen LogP contribution is 2.24. The zero-order valence-electron chi connectivity index (χ0n) is 28.4. The molecule has 0 fully saturated rings. The number of carboxylic acid groups (broad SMARTS) is 1. The number of nitrogens with two attached hydrogens (primary N) is 1. The third kappa shape index (κ3) is 12.2. The maximum atomic E-state index is 13.9. The van der Waals surface area contributed by atoms with Crippen LogP contribution in [0.15, 0.2) is 91.0 Å². The molecular weight excluding hydrogens is 616 g/mol. The van der Waals surface area contributed by atoms with Crippen LogP contribution >= 0.6 is 0 Å². The monoisotopic (exact) mass is 664 g/mol. The Morgan fingerprint density at radius 2 is 1.43 bits per heavy atom. The van der Waals surface area contributed by atoms with Crippen molar-refractivity contribution in [3.05, 3.63) is 119 Å². The number of aliphatic carboxylic acids is 1. The van der Waals surface area contributed by atoms with Gasteiger partial charge >= 0.3 is 11.9 Å². The maximum absolute atomic E-state index is 13.9. The molecule has 258 valence electrons. The minimum atomic E-state index is -1.13. The number of unbranched alkanes of at least 4 members (excludes halogenated alkanes) is 4. The van der Waals surface area contributed by atoms with Crippen molar-refractivity contribution in [1.82, 2.24) is 5.32 Å². The van der Waals surface area contributed by atoms with E-state index in [0.29, 0.717) is 12.0 Å². The zero-order chi connectivity index (χ0) is 35.0. The number of aryl methyl sites for hydroxylation is 1. The van der Waals surface area contributed by atoms with Gasteiger partial charge in [-0.25, -0.2) is 4.79 Å². The molecule has 49 heavy (non-hydrogen) atoms. The molecule has 4 aromatic carbocycles. The summed E-state index contributed by atoms with van der Waals surface area (Å²) in [6.07, 6.45) is 6.77. The number of nitrogens with one attached hydrogen (secondary N) is 1. The molecular formula is C41H48N2O6. The molecule has 0 aliphatic carbocycles. The van der Waals surface area contributed by atoms with E-state index in [0.717, 1.165) is 40.3 Å². The standard InChI is InChI=1S/C41H48N2O6/c1-2-3-4-5-7-13-29-20-22-31(23-21-29)25-35(28-38(42)44)49-41(48)37(18-12-19-39(45)46)43-40(47)36-27-33-17-11-10-16-32(33)26-34(36)24-30-14-8-6-9-15-30/h6,8-11,14-17,20-23,26-27,35,37H,2-5,7,12-13,18-19,24-25,28H2,1H3,(H2,42,44)(H,43,47)(H,45,46)/t35-,37-/m0/s1. The molecule has 4 rings (SSSR count). The second-order valence-corrected chi connectivity index (χ2v) is 12.7. The highest BCUT2D eigenvalue weighted by molar-refractivity contribution is 6.02. The van der Waals surface area contributed by atoms with E-state index in [2.05, 4.69) is 24.4 Å². The van der Waals surface area contributed by atoms with E-state index in [4.69, 9.17) is 10.5 Å². The summed E-state index contributed by atoms with van der Waals surface area (Å²) in [6.45, 7) is 2.20. The molecule has 2 atom stereocenters. The Kier molecular flexibility index (Phi) is 14.4. The van der Waals surface area contributed by atoms with Crippen LogP contribution in [0, 0.1) is 0 Å². The van der Waals surface area contributed by atoms with E-state index in [1.807, 2.05) is 78.9 Å². The number of carbonyl (C=O) groups is 4. The Morgan fingerprint density at radius 1 is 0.776 bits per heavy atom. The molecule has 8 heteroatoms. The lowest BCUT2D eigenvalue weighted by Gasteiger charge is -2.23. The Labute approximate surface area is 289 Å². The van der Waals surface area contributed by atoms with Gasteiger partial charge in [-0.05, 0) is 71.2 Å². The van der Waals surface area contributed by atoms with Gasteiger partial charge in [-0.15, -0.1) is 0 Å². The van der Waals surface area contributed by atoms with E-state index < -0.39 is 35.9 Å². The molecule has 8 nitrogen and oxygen atoms in total. The van der Waals surface area contributed by atoms with Crippen LogP contribution in [-0.4, -0.2) is 41.0 Å². The molecule has 2 amide bonds. The van der Waals surface area contributed by atoms with Gasteiger partial charge in [0.05, 0.1) is 6.42 Å². The van der Waals surface area contributed by atoms with Crippen LogP contribution < -0.4 is 11.1 Å². The number of ether oxygens (including phenoxy) is 1. The van der Waals surface area contributed by atoms with Crippen molar-refractivity contribution in [2.75, 3.05) is 0 Å². The largest absolute Gasteiger partial charge is 0.481 e. The van der Waals surface area contributed by atoms with Gasteiger partial charge in [-0.3, -0.25) is 14.4 Å². The summed E-state index contributed by atoms with van der Waals surface area (Å²) in [5.41, 5.74) is 9.89. The van der Waals surface area contributed by atoms with Gasteiger partial charge in [0.2, 0.25) is 5.91 Å². The van der Waals surface area contributed by atoms with Crippen LogP contribution in [-0.2, 0) is 38.4 Å². The molecule has 0 spiro atoms. The van der Waals surface area contributed by atoms with Crippen molar-refractivity contribution in [3.8, 4) is 0 Å². The first-order chi connectivity index (χ1) is 23.7. The topological polar surface area (TPSA) is 136 Å². The first-order valence-corrected chi connectivity index (χ1v) is 17.4. The minimum absolute atomic E-state index is 0.0503. The van der Waals surface area contributed by atoms with Crippen molar-refractivity contribution in [2.24, 2.45) is 5.73 Å². The predicted octanol–water partition coefficient (Wildman–Crippen LogP) is 7.33. The number of primary amides is 1. The van der Waals surface area contributed by atoms with Crippen molar-refractivity contribution >= 4 is 34.5 Å². The van der Waals surface area contributed by atoms with Crippen LogP contribution in [0.5, 0.6) is 0 Å². The molecule has 0 unspecified atom stereocenters. The summed E-state index contributed by atoms with van der Waals surface area (Å²) in [7, 11) is 0. The second kappa shape index (κ2) is 19.1. The fourth-order valence-electron chi connectivity index (χ4n) is 6.07. The van der Waals surface area contributed by atoms with Crippen LogP contribution in [0.3, 0.4) is 0 Å². The number of amides is 2. The van der Waals surface area contributed by atoms with Gasteiger partial charge in [0, 0.05) is 18.4 Å². The number of carbonyl (C=O) groups excluding carboxylic acids is 3. The Morgan fingerprint density at radius 3 is 2.10 bits per heavy atom. The quantitative estimate of drug-likeness (QED) is 0.0669. The van der Waals surface area contributed by atoms with E-state index in [1.165, 1.54) is 31.2 Å². The number of benzene rings is 4. The molecule has 0 saturated heterocycles. The van der Waals surface area contributed by atoms with Crippen LogP contribution in [0.25, 0.3) is 10.8 Å². The van der Waals surface area contributed by atoms with Gasteiger partial charge in [-0.1, -0.05) is 118 Å². The Hall–Kier alpha value is -4.98. The molecule has 0 aromatic heterocycles. The summed E-state index contributed by atoms with van der Waals surface area (Å²) >= 11 is 0. The fourth-order valence-corrected chi connectivity index (χ4v) is 6.07. The number of esters is 1. The highest BCUT2D eigenvalue weighted by atomic mass is 16.5. The van der Waals surface area contributed by atoms with E-state index in [9.17, 15) is 24.3 Å². The molecule has 4 aromatic rings. The molecule has 0 radical (unpaired) electrons. The van der Waals surface area contributed by atoms with Crippen molar-refractivity contribution in [1.29, 1.82) is 0 Å². The lowest BCUT2D eigenvalue weighted by Crippen LogP contribution is -2.44. The summed E-state index contributed by atoms with van der Waals surface area (Å²) in [5, 5.41) is 14.0. The van der Waals surface area contributed by atoms with Crippen molar-refractivity contribution in [2.45, 2.75) is 96.1 Å². The second-order valence-electron chi connectivity index (χ2n) is 12.7. The first-order valence-electron chi connectivity index (χ1n) is 17.4. The van der Waals surface area contributed by atoms with Gasteiger partial charge in [-0.2, -0.15) is 0 Å². The van der Waals surface area contributed by atoms with E-state index >= 15 is 0 Å². The Bertz CT molecular complexity index is 1690. The summed E-state index contributed by atoms with van der Waals surface area (Å²) in [5.74, 6) is -2.83. The van der Waals surface area contributed by atoms with Crippen molar-refractivity contribution in [3.63, 3.8) is 0 Å². The summed E-state index contributed by atoms with van der Waals surface area (Å²) in [6, 6.07) is 28.3. The molecule has 0 saturated carbocycles. The average Bonchev–Trinajstić information content (AvgIpc) is 3.08. The molecule has 0 aliphatic heterocycles. The average molecular weight is 665 g/mol. The maximum Gasteiger partial charge on any atom is 0.328 e. The lowest BCUT2D eigenvalue weighted by molar-refractivity contribution is -0.153. The normalized spacial score (nSPS) is 12.3.